The van der Waals surface area contributed by atoms with Gasteiger partial charge in [-0.15, -0.1) is 0 Å². The molecule has 108 valence electrons. The first-order chi connectivity index (χ1) is 9.12. The second kappa shape index (κ2) is 6.35. The fraction of sp³-hybridized carbons (Fsp3) is 0.769. The van der Waals surface area contributed by atoms with E-state index >= 15 is 0 Å². The molecule has 1 aliphatic carbocycles. The van der Waals surface area contributed by atoms with E-state index < -0.39 is 0 Å². The lowest BCUT2D eigenvalue weighted by molar-refractivity contribution is -0.0821. The van der Waals surface area contributed by atoms with Crippen LogP contribution in [0.3, 0.4) is 0 Å². The van der Waals surface area contributed by atoms with Gasteiger partial charge in [0.05, 0.1) is 41.2 Å². The molecule has 1 atom stereocenters. The fourth-order valence-electron chi connectivity index (χ4n) is 2.66. The van der Waals surface area contributed by atoms with E-state index in [1.807, 2.05) is 4.68 Å². The van der Waals surface area contributed by atoms with E-state index in [9.17, 15) is 0 Å². The van der Waals surface area contributed by atoms with Crippen molar-refractivity contribution >= 4 is 15.9 Å². The van der Waals surface area contributed by atoms with Gasteiger partial charge < -0.3 is 15.2 Å². The molecule has 1 aliphatic rings. The number of hydrogen-bond donors (Lipinski definition) is 1. The molecule has 1 aromatic rings. The molecule has 6 heteroatoms. The second-order valence-corrected chi connectivity index (χ2v) is 6.00. The monoisotopic (exact) mass is 331 g/mol. The highest BCUT2D eigenvalue weighted by Gasteiger charge is 2.39. The van der Waals surface area contributed by atoms with Gasteiger partial charge in [0.2, 0.25) is 0 Å². The molecule has 1 aromatic heterocycles. The summed E-state index contributed by atoms with van der Waals surface area (Å²) in [5.74, 6) is 0. The van der Waals surface area contributed by atoms with Gasteiger partial charge in [-0.25, -0.2) is 0 Å². The minimum Gasteiger partial charge on any atom is -0.383 e. The summed E-state index contributed by atoms with van der Waals surface area (Å²) in [6, 6.07) is -0.0750. The van der Waals surface area contributed by atoms with Crippen LogP contribution in [-0.2, 0) is 16.0 Å². The molecule has 0 radical (unpaired) electrons. The molecule has 0 aromatic carbocycles. The third-order valence-electron chi connectivity index (χ3n) is 3.98. The van der Waals surface area contributed by atoms with E-state index in [0.717, 1.165) is 29.4 Å². The minimum atomic E-state index is -0.0750. The first-order valence-electron chi connectivity index (χ1n) is 6.63. The third-order valence-corrected chi connectivity index (χ3v) is 4.59. The van der Waals surface area contributed by atoms with Crippen molar-refractivity contribution in [2.75, 3.05) is 20.8 Å². The smallest absolute Gasteiger partial charge is 0.0697 e. The zero-order valence-corrected chi connectivity index (χ0v) is 13.1. The summed E-state index contributed by atoms with van der Waals surface area (Å²) in [6.45, 7) is 1.34. The molecule has 2 N–H and O–H groups in total. The molecule has 5 nitrogen and oxygen atoms in total. The number of nitrogens with zero attached hydrogens (tertiary/aromatic N) is 2. The second-order valence-electron chi connectivity index (χ2n) is 5.14. The van der Waals surface area contributed by atoms with Crippen LogP contribution in [-0.4, -0.2) is 36.2 Å². The quantitative estimate of drug-likeness (QED) is 0.832. The number of halogens is 1. The van der Waals surface area contributed by atoms with Crippen molar-refractivity contribution in [3.05, 3.63) is 16.4 Å². The van der Waals surface area contributed by atoms with Gasteiger partial charge in [-0.3, -0.25) is 4.68 Å². The highest BCUT2D eigenvalue weighted by Crippen LogP contribution is 2.42. The van der Waals surface area contributed by atoms with Crippen LogP contribution in [0.2, 0.25) is 0 Å². The van der Waals surface area contributed by atoms with E-state index in [0.29, 0.717) is 13.2 Å². The van der Waals surface area contributed by atoms with Gasteiger partial charge >= 0.3 is 0 Å². The number of rotatable bonds is 7. The largest absolute Gasteiger partial charge is 0.383 e. The van der Waals surface area contributed by atoms with Crippen LogP contribution >= 0.6 is 15.9 Å². The van der Waals surface area contributed by atoms with Gasteiger partial charge in [-0.2, -0.15) is 5.10 Å². The Bertz CT molecular complexity index is 413. The average Bonchev–Trinajstić information content (AvgIpc) is 2.72. The van der Waals surface area contributed by atoms with Gasteiger partial charge in [-0.1, -0.05) is 0 Å². The predicted molar refractivity (Wildman–Crippen MR) is 76.9 cm³/mol. The lowest BCUT2D eigenvalue weighted by Crippen LogP contribution is -2.42. The number of aromatic nitrogens is 2. The van der Waals surface area contributed by atoms with Gasteiger partial charge in [-0.05, 0) is 41.6 Å². The van der Waals surface area contributed by atoms with Crippen molar-refractivity contribution in [2.24, 2.45) is 5.73 Å². The SMILES string of the molecule is COCCn1ncc(Br)c1C(N)CC1(OC)CCC1. The van der Waals surface area contributed by atoms with E-state index in [2.05, 4.69) is 21.0 Å². The summed E-state index contributed by atoms with van der Waals surface area (Å²) >= 11 is 3.53. The zero-order chi connectivity index (χ0) is 13.9. The van der Waals surface area contributed by atoms with Crippen LogP contribution in [0.15, 0.2) is 10.7 Å². The molecule has 0 amide bonds. The Labute approximate surface area is 122 Å². The maximum absolute atomic E-state index is 6.37. The first kappa shape index (κ1) is 15.0. The van der Waals surface area contributed by atoms with Crippen molar-refractivity contribution in [3.8, 4) is 0 Å². The summed E-state index contributed by atoms with van der Waals surface area (Å²) in [5, 5.41) is 4.34. The van der Waals surface area contributed by atoms with Gasteiger partial charge in [0.25, 0.3) is 0 Å². The topological polar surface area (TPSA) is 62.3 Å². The number of nitrogens with two attached hydrogens (primary N) is 1. The van der Waals surface area contributed by atoms with Crippen molar-refractivity contribution in [1.29, 1.82) is 0 Å². The van der Waals surface area contributed by atoms with E-state index in [4.69, 9.17) is 15.2 Å². The number of ether oxygens (including phenoxy) is 2. The standard InChI is InChI=1S/C13H22BrN3O2/c1-18-7-6-17-12(10(14)9-16-17)11(15)8-13(19-2)4-3-5-13/h9,11H,3-8,15H2,1-2H3. The average molecular weight is 332 g/mol. The Morgan fingerprint density at radius 1 is 1.53 bits per heavy atom. The Kier molecular flexibility index (Phi) is 5.00. The maximum atomic E-state index is 6.37. The molecule has 0 bridgehead atoms. The summed E-state index contributed by atoms with van der Waals surface area (Å²) in [4.78, 5) is 0. The molecule has 1 heterocycles. The van der Waals surface area contributed by atoms with Crippen molar-refractivity contribution in [3.63, 3.8) is 0 Å². The van der Waals surface area contributed by atoms with Crippen molar-refractivity contribution in [1.82, 2.24) is 9.78 Å². The van der Waals surface area contributed by atoms with Gasteiger partial charge in [0.15, 0.2) is 0 Å². The summed E-state index contributed by atoms with van der Waals surface area (Å²) in [7, 11) is 3.47. The van der Waals surface area contributed by atoms with Crippen LogP contribution in [0, 0.1) is 0 Å². The van der Waals surface area contributed by atoms with Crippen LogP contribution in [0.1, 0.15) is 37.4 Å². The Hall–Kier alpha value is -0.430. The number of hydrogen-bond acceptors (Lipinski definition) is 4. The zero-order valence-electron chi connectivity index (χ0n) is 11.6. The maximum Gasteiger partial charge on any atom is 0.0697 e. The first-order valence-corrected chi connectivity index (χ1v) is 7.42. The Balaban J connectivity index is 2.09. The molecule has 0 saturated heterocycles. The molecule has 0 spiro atoms. The third kappa shape index (κ3) is 3.18. The van der Waals surface area contributed by atoms with E-state index in [1.54, 1.807) is 20.4 Å². The van der Waals surface area contributed by atoms with Crippen LogP contribution in [0.5, 0.6) is 0 Å². The lowest BCUT2D eigenvalue weighted by atomic mass is 9.75. The molecule has 1 fully saturated rings. The molecule has 2 rings (SSSR count). The minimum absolute atomic E-state index is 0.0325. The normalized spacial score (nSPS) is 19.2. The van der Waals surface area contributed by atoms with E-state index in [1.165, 1.54) is 6.42 Å². The summed E-state index contributed by atoms with van der Waals surface area (Å²) < 4.78 is 13.6. The predicted octanol–water partition coefficient (Wildman–Crippen LogP) is 2.25. The van der Waals surface area contributed by atoms with Crippen LogP contribution in [0.25, 0.3) is 0 Å². The van der Waals surface area contributed by atoms with Crippen LogP contribution in [0.4, 0.5) is 0 Å². The van der Waals surface area contributed by atoms with Gasteiger partial charge in [0.1, 0.15) is 0 Å². The summed E-state index contributed by atoms with van der Waals surface area (Å²) in [5.41, 5.74) is 7.37. The number of methoxy groups -OCH3 is 2. The fourth-order valence-corrected chi connectivity index (χ4v) is 3.25. The van der Waals surface area contributed by atoms with Crippen molar-refractivity contribution < 1.29 is 9.47 Å². The Morgan fingerprint density at radius 2 is 2.26 bits per heavy atom. The van der Waals surface area contributed by atoms with Crippen LogP contribution < -0.4 is 5.73 Å². The molecule has 19 heavy (non-hydrogen) atoms. The molecule has 1 unspecified atom stereocenters. The Morgan fingerprint density at radius 3 is 2.79 bits per heavy atom. The van der Waals surface area contributed by atoms with Crippen molar-refractivity contribution in [2.45, 2.75) is 43.9 Å². The molecular weight excluding hydrogens is 310 g/mol. The van der Waals surface area contributed by atoms with E-state index in [-0.39, 0.29) is 11.6 Å². The summed E-state index contributed by atoms with van der Waals surface area (Å²) in [6.07, 6.45) is 6.05. The van der Waals surface area contributed by atoms with Gasteiger partial charge in [0, 0.05) is 14.2 Å². The lowest BCUT2D eigenvalue weighted by Gasteiger charge is -2.42. The molecule has 0 aliphatic heterocycles. The highest BCUT2D eigenvalue weighted by molar-refractivity contribution is 9.10. The highest BCUT2D eigenvalue weighted by atomic mass is 79.9. The molecular formula is C13H22BrN3O2. The molecule has 1 saturated carbocycles.